The molecule has 0 bridgehead atoms. The van der Waals surface area contributed by atoms with Gasteiger partial charge in [0.2, 0.25) is 5.95 Å². The van der Waals surface area contributed by atoms with Gasteiger partial charge in [0, 0.05) is 6.42 Å². The lowest BCUT2D eigenvalue weighted by molar-refractivity contribution is -0.145. The molecule has 2 aromatic heterocycles. The second-order valence-electron chi connectivity index (χ2n) is 10.4. The summed E-state index contributed by atoms with van der Waals surface area (Å²) in [7, 11) is -4.43. The summed E-state index contributed by atoms with van der Waals surface area (Å²) >= 11 is 0. The molecule has 4 rings (SSSR count). The highest BCUT2D eigenvalue weighted by atomic mass is 31.2. The molecule has 3 aromatic rings. The first-order valence-electron chi connectivity index (χ1n) is 14.2. The number of para-hydroxylation sites is 1. The van der Waals surface area contributed by atoms with Crippen LogP contribution in [0.25, 0.3) is 11.2 Å². The number of aromatic nitrogens is 4. The lowest BCUT2D eigenvalue weighted by Gasteiger charge is -2.27. The number of aliphatic hydroxyl groups is 2. The number of rotatable bonds is 14. The van der Waals surface area contributed by atoms with Crippen LogP contribution in [0.3, 0.4) is 0 Å². The predicted molar refractivity (Wildman–Crippen MR) is 160 cm³/mol. The third-order valence-corrected chi connectivity index (χ3v) is 8.60. The Kier molecular flexibility index (Phi) is 10.6. The van der Waals surface area contributed by atoms with Gasteiger partial charge >= 0.3 is 19.7 Å². The van der Waals surface area contributed by atoms with Crippen LogP contribution in [0, 0.1) is 0 Å². The molecule has 7 N–H and O–H groups in total. The zero-order valence-electron chi connectivity index (χ0n) is 25.3. The minimum absolute atomic E-state index is 0.0109. The summed E-state index contributed by atoms with van der Waals surface area (Å²) in [6, 6.07) is 5.41. The van der Waals surface area contributed by atoms with Crippen LogP contribution in [0.1, 0.15) is 45.9 Å². The van der Waals surface area contributed by atoms with Crippen molar-refractivity contribution in [2.75, 3.05) is 31.3 Å². The second kappa shape index (κ2) is 14.1. The number of nitrogen functional groups attached to an aromatic ring is 2. The largest absolute Gasteiger partial charge is 0.466 e. The zero-order chi connectivity index (χ0) is 32.9. The Labute approximate surface area is 258 Å². The normalized spacial score (nSPS) is 23.4. The molecular formula is C27H38N7O10P. The number of hydrogen-bond acceptors (Lipinski definition) is 15. The fourth-order valence-corrected chi connectivity index (χ4v) is 6.26. The molecule has 1 fully saturated rings. The van der Waals surface area contributed by atoms with Crippen molar-refractivity contribution in [2.45, 2.75) is 70.6 Å². The number of fused-ring (bicyclic) bond motifs is 1. The van der Waals surface area contributed by atoms with E-state index in [0.29, 0.717) is 5.56 Å². The molecule has 18 heteroatoms. The van der Waals surface area contributed by atoms with Gasteiger partial charge in [0.25, 0.3) is 0 Å². The van der Waals surface area contributed by atoms with Crippen LogP contribution in [0.5, 0.6) is 5.75 Å². The average molecular weight is 652 g/mol. The Morgan fingerprint density at radius 3 is 2.62 bits per heavy atom. The van der Waals surface area contributed by atoms with Gasteiger partial charge in [0.1, 0.15) is 35.1 Å². The number of esters is 2. The zero-order valence-corrected chi connectivity index (χ0v) is 26.2. The van der Waals surface area contributed by atoms with Gasteiger partial charge < -0.3 is 40.4 Å². The molecule has 1 saturated heterocycles. The summed E-state index contributed by atoms with van der Waals surface area (Å²) in [5.74, 6) is -1.14. The summed E-state index contributed by atoms with van der Waals surface area (Å²) in [5, 5.41) is 24.9. The quantitative estimate of drug-likeness (QED) is 0.122. The Hall–Kier alpha value is -3.86. The van der Waals surface area contributed by atoms with E-state index in [9.17, 15) is 24.4 Å². The Bertz CT molecular complexity index is 1570. The van der Waals surface area contributed by atoms with E-state index in [1.807, 2.05) is 0 Å². The SMILES string of the molecule is CCOC(=O)CCc1ccccc1O[P@](=O)(N[C@@H](C)C(=O)OCC)OC[C@H]1O[C@@H](n2cnc3c(N)nc(N)nc32)C(C)(O)C1O. The van der Waals surface area contributed by atoms with Gasteiger partial charge in [-0.2, -0.15) is 15.1 Å². The van der Waals surface area contributed by atoms with Gasteiger partial charge in [0.05, 0.1) is 26.1 Å². The van der Waals surface area contributed by atoms with Gasteiger partial charge in [-0.1, -0.05) is 18.2 Å². The van der Waals surface area contributed by atoms with E-state index in [2.05, 4.69) is 20.0 Å². The fourth-order valence-electron chi connectivity index (χ4n) is 4.72. The van der Waals surface area contributed by atoms with Crippen LogP contribution in [0.4, 0.5) is 11.8 Å². The predicted octanol–water partition coefficient (Wildman–Crippen LogP) is 1.24. The monoisotopic (exact) mass is 651 g/mol. The maximum absolute atomic E-state index is 14.2. The molecule has 0 saturated carbocycles. The van der Waals surface area contributed by atoms with E-state index in [-0.39, 0.29) is 54.7 Å². The molecule has 0 amide bonds. The molecule has 0 aliphatic carbocycles. The van der Waals surface area contributed by atoms with E-state index in [0.717, 1.165) is 0 Å². The van der Waals surface area contributed by atoms with Crippen molar-refractivity contribution >= 4 is 42.6 Å². The summed E-state index contributed by atoms with van der Waals surface area (Å²) < 4.78 is 43.1. The molecule has 246 valence electrons. The number of nitrogens with two attached hydrogens (primary N) is 2. The maximum atomic E-state index is 14.2. The first-order chi connectivity index (χ1) is 21.3. The van der Waals surface area contributed by atoms with Crippen molar-refractivity contribution in [2.24, 2.45) is 0 Å². The van der Waals surface area contributed by atoms with Crippen molar-refractivity contribution in [1.29, 1.82) is 0 Å². The lowest BCUT2D eigenvalue weighted by atomic mass is 9.96. The Morgan fingerprint density at radius 2 is 1.91 bits per heavy atom. The highest BCUT2D eigenvalue weighted by Gasteiger charge is 2.54. The molecule has 3 heterocycles. The van der Waals surface area contributed by atoms with Gasteiger partial charge in [0.15, 0.2) is 17.7 Å². The topological polar surface area (TPSA) is 245 Å². The first kappa shape index (κ1) is 34.0. The number of aryl methyl sites for hydroxylation is 1. The van der Waals surface area contributed by atoms with Crippen LogP contribution in [0.15, 0.2) is 30.6 Å². The molecule has 17 nitrogen and oxygen atoms in total. The Balaban J connectivity index is 1.57. The Morgan fingerprint density at radius 1 is 1.20 bits per heavy atom. The van der Waals surface area contributed by atoms with Crippen LogP contribution >= 0.6 is 7.75 Å². The highest BCUT2D eigenvalue weighted by Crippen LogP contribution is 2.48. The number of nitrogens with zero attached hydrogens (tertiary/aromatic N) is 4. The van der Waals surface area contributed by atoms with Crippen LogP contribution in [0.2, 0.25) is 0 Å². The standard InChI is InChI=1S/C27H38N7O10P/c1-5-40-19(35)12-11-16-9-7-8-10-17(16)44-45(39,33-15(3)24(37)41-6-2)42-13-18-21(36)27(4,38)25(43-18)34-14-30-20-22(28)31-26(29)32-23(20)34/h7-10,14-15,18,21,25,36,38H,5-6,11-13H2,1-4H3,(H,33,39)(H4,28,29,31,32)/t15-,18+,21?,25+,27?,45-/m0/s1. The number of nitrogens with one attached hydrogen (secondary N) is 1. The minimum Gasteiger partial charge on any atom is -0.466 e. The molecular weight excluding hydrogens is 613 g/mol. The number of carbonyl (C=O) groups excluding carboxylic acids is 2. The van der Waals surface area contributed by atoms with Crippen molar-refractivity contribution in [1.82, 2.24) is 24.6 Å². The van der Waals surface area contributed by atoms with Crippen LogP contribution in [-0.2, 0) is 39.3 Å². The van der Waals surface area contributed by atoms with E-state index >= 15 is 0 Å². The van der Waals surface area contributed by atoms with Crippen molar-refractivity contribution in [3.63, 3.8) is 0 Å². The van der Waals surface area contributed by atoms with Crippen molar-refractivity contribution < 1.29 is 47.6 Å². The smallest absolute Gasteiger partial charge is 0.459 e. The number of anilines is 2. The summed E-state index contributed by atoms with van der Waals surface area (Å²) in [6.07, 6.45) is -2.53. The highest BCUT2D eigenvalue weighted by molar-refractivity contribution is 7.52. The fraction of sp³-hybridized carbons (Fsp3) is 0.519. The van der Waals surface area contributed by atoms with Crippen molar-refractivity contribution in [3.8, 4) is 5.75 Å². The van der Waals surface area contributed by atoms with E-state index in [4.69, 9.17) is 34.7 Å². The van der Waals surface area contributed by atoms with Crippen molar-refractivity contribution in [3.05, 3.63) is 36.2 Å². The molecule has 1 aliphatic heterocycles. The lowest BCUT2D eigenvalue weighted by Crippen LogP contribution is -2.44. The number of ether oxygens (including phenoxy) is 3. The van der Waals surface area contributed by atoms with Gasteiger partial charge in [-0.15, -0.1) is 0 Å². The number of hydrogen-bond donors (Lipinski definition) is 5. The molecule has 0 spiro atoms. The molecule has 2 unspecified atom stereocenters. The average Bonchev–Trinajstić information content (AvgIpc) is 3.49. The van der Waals surface area contributed by atoms with E-state index in [1.54, 1.807) is 32.0 Å². The second-order valence-corrected chi connectivity index (χ2v) is 12.1. The van der Waals surface area contributed by atoms with Crippen LogP contribution < -0.4 is 21.1 Å². The van der Waals surface area contributed by atoms with E-state index in [1.165, 1.54) is 30.8 Å². The first-order valence-corrected chi connectivity index (χ1v) is 15.8. The molecule has 0 radical (unpaired) electrons. The molecule has 1 aromatic carbocycles. The van der Waals surface area contributed by atoms with Gasteiger partial charge in [-0.05, 0) is 45.7 Å². The summed E-state index contributed by atoms with van der Waals surface area (Å²) in [5.41, 5.74) is 10.6. The molecule has 6 atom stereocenters. The van der Waals surface area contributed by atoms with Crippen LogP contribution in [-0.4, -0.2) is 85.3 Å². The molecule has 45 heavy (non-hydrogen) atoms. The number of carbonyl (C=O) groups is 2. The number of benzene rings is 1. The third-order valence-electron chi connectivity index (χ3n) is 6.97. The number of aliphatic hydroxyl groups excluding tert-OH is 1. The van der Waals surface area contributed by atoms with Gasteiger partial charge in [-0.25, -0.2) is 9.55 Å². The molecule has 1 aliphatic rings. The maximum Gasteiger partial charge on any atom is 0.459 e. The van der Waals surface area contributed by atoms with E-state index < -0.39 is 56.4 Å². The minimum atomic E-state index is -4.43. The third kappa shape index (κ3) is 7.69. The summed E-state index contributed by atoms with van der Waals surface area (Å²) in [4.78, 5) is 36.5. The summed E-state index contributed by atoms with van der Waals surface area (Å²) in [6.45, 7) is 5.81. The number of imidazole rings is 1. The van der Waals surface area contributed by atoms with Gasteiger partial charge in [-0.3, -0.25) is 18.7 Å².